The summed E-state index contributed by atoms with van der Waals surface area (Å²) < 4.78 is 0. The summed E-state index contributed by atoms with van der Waals surface area (Å²) in [5.41, 5.74) is 2.17. The van der Waals surface area contributed by atoms with Crippen molar-refractivity contribution in [3.8, 4) is 0 Å². The number of rotatable bonds is 3. The number of hydrogen-bond donors (Lipinski definition) is 0. The summed E-state index contributed by atoms with van der Waals surface area (Å²) in [7, 11) is 5.16. The lowest BCUT2D eigenvalue weighted by Gasteiger charge is -2.11. The van der Waals surface area contributed by atoms with Crippen LogP contribution in [0.5, 0.6) is 0 Å². The molecule has 0 aliphatic rings. The number of hydrogen-bond acceptors (Lipinski definition) is 2. The minimum atomic E-state index is -0.118. The molecule has 0 fully saturated rings. The van der Waals surface area contributed by atoms with E-state index < -0.39 is 0 Å². The minimum Gasteiger partial charge on any atom is -0.273 e. The van der Waals surface area contributed by atoms with Gasteiger partial charge in [0.1, 0.15) is 6.04 Å². The molecule has 2 rings (SSSR count). The molecule has 0 atom stereocenters. The molecule has 0 spiro atoms. The predicted molar refractivity (Wildman–Crippen MR) is 65.3 cm³/mol. The van der Waals surface area contributed by atoms with Crippen molar-refractivity contribution >= 4 is 7.98 Å². The first-order valence-corrected chi connectivity index (χ1v) is 5.12. The summed E-state index contributed by atoms with van der Waals surface area (Å²) in [6, 6.07) is 19.9. The fraction of sp³-hybridized carbons (Fsp3) is 0.0769. The molecule has 0 aromatic heterocycles. The second-order valence-electron chi connectivity index (χ2n) is 3.45. The molecule has 0 N–H and O–H groups in total. The van der Waals surface area contributed by atoms with E-state index in [0.717, 1.165) is 11.1 Å². The van der Waals surface area contributed by atoms with Crippen molar-refractivity contribution in [3.05, 3.63) is 71.8 Å². The Morgan fingerprint density at radius 3 is 1.56 bits per heavy atom. The van der Waals surface area contributed by atoms with E-state index in [1.54, 1.807) is 0 Å². The fourth-order valence-electron chi connectivity index (χ4n) is 1.66. The van der Waals surface area contributed by atoms with Crippen molar-refractivity contribution in [2.45, 2.75) is 6.04 Å². The van der Waals surface area contributed by atoms with Gasteiger partial charge in [0.05, 0.1) is 0 Å². The van der Waals surface area contributed by atoms with E-state index in [1.807, 2.05) is 60.7 Å². The maximum absolute atomic E-state index is 5.16. The van der Waals surface area contributed by atoms with Gasteiger partial charge in [0.2, 0.25) is 0 Å². The highest BCUT2D eigenvalue weighted by Crippen LogP contribution is 2.25. The fourth-order valence-corrected chi connectivity index (χ4v) is 1.66. The van der Waals surface area contributed by atoms with E-state index in [-0.39, 0.29) is 6.04 Å². The third-order valence-corrected chi connectivity index (χ3v) is 2.41. The number of nitrogens with zero attached hydrogens (tertiary/aromatic N) is 2. The van der Waals surface area contributed by atoms with Crippen LogP contribution in [0, 0.1) is 0 Å². The average molecular weight is 206 g/mol. The zero-order valence-corrected chi connectivity index (χ0v) is 8.82. The van der Waals surface area contributed by atoms with E-state index in [2.05, 4.69) is 10.1 Å². The molecule has 0 amide bonds. The molecule has 0 saturated carbocycles. The lowest BCUT2D eigenvalue weighted by molar-refractivity contribution is 0.822. The molecule has 2 aromatic carbocycles. The first-order chi connectivity index (χ1) is 7.92. The molecule has 0 saturated heterocycles. The highest BCUT2D eigenvalue weighted by molar-refractivity contribution is 6.04. The molecular weight excluding hydrogens is 195 g/mol. The molecule has 0 aliphatic heterocycles. The third-order valence-electron chi connectivity index (χ3n) is 2.41. The van der Waals surface area contributed by atoms with E-state index in [1.165, 1.54) is 0 Å². The Morgan fingerprint density at radius 1 is 0.750 bits per heavy atom. The van der Waals surface area contributed by atoms with E-state index in [4.69, 9.17) is 7.98 Å². The van der Waals surface area contributed by atoms with E-state index >= 15 is 0 Å². The van der Waals surface area contributed by atoms with Gasteiger partial charge in [-0.05, 0) is 11.1 Å². The molecule has 0 heterocycles. The Morgan fingerprint density at radius 2 is 1.19 bits per heavy atom. The zero-order chi connectivity index (χ0) is 11.2. The number of benzene rings is 2. The highest BCUT2D eigenvalue weighted by atomic mass is 15.1. The smallest absolute Gasteiger partial charge is 0.273 e. The summed E-state index contributed by atoms with van der Waals surface area (Å²) in [6.07, 6.45) is 0. The minimum absolute atomic E-state index is 0.118. The van der Waals surface area contributed by atoms with Crippen LogP contribution >= 0.6 is 0 Å². The lowest BCUT2D eigenvalue weighted by atomic mass is 10.00. The summed E-state index contributed by atoms with van der Waals surface area (Å²) in [6.45, 7) is 0. The maximum Gasteiger partial charge on any atom is 0.292 e. The van der Waals surface area contributed by atoms with Crippen LogP contribution < -0.4 is 0 Å². The van der Waals surface area contributed by atoms with Crippen molar-refractivity contribution in [2.75, 3.05) is 0 Å². The van der Waals surface area contributed by atoms with Crippen LogP contribution in [0.1, 0.15) is 17.2 Å². The molecule has 16 heavy (non-hydrogen) atoms. The lowest BCUT2D eigenvalue weighted by Crippen LogP contribution is -1.96. The first-order valence-electron chi connectivity index (χ1n) is 5.12. The Labute approximate surface area is 96.5 Å². The molecule has 3 heteroatoms. The molecule has 2 nitrogen and oxygen atoms in total. The summed E-state index contributed by atoms with van der Waals surface area (Å²) >= 11 is 0. The Kier molecular flexibility index (Phi) is 3.49. The SMILES string of the molecule is [B]N=NC(c1ccccc1)c1ccccc1. The Bertz CT molecular complexity index is 414. The molecule has 0 aliphatic carbocycles. The van der Waals surface area contributed by atoms with Crippen LogP contribution in [0.25, 0.3) is 0 Å². The second-order valence-corrected chi connectivity index (χ2v) is 3.45. The van der Waals surface area contributed by atoms with E-state index in [9.17, 15) is 0 Å². The van der Waals surface area contributed by atoms with Crippen LogP contribution in [0.4, 0.5) is 0 Å². The van der Waals surface area contributed by atoms with Gasteiger partial charge >= 0.3 is 0 Å². The average Bonchev–Trinajstić information content (AvgIpc) is 2.38. The van der Waals surface area contributed by atoms with Crippen LogP contribution in [0.2, 0.25) is 0 Å². The molecule has 0 unspecified atom stereocenters. The van der Waals surface area contributed by atoms with Gasteiger partial charge in [-0.2, -0.15) is 5.11 Å². The van der Waals surface area contributed by atoms with Gasteiger partial charge in [-0.25, -0.2) is 0 Å². The Hall–Kier alpha value is -1.90. The summed E-state index contributed by atoms with van der Waals surface area (Å²) in [4.78, 5) is 0. The van der Waals surface area contributed by atoms with Gasteiger partial charge in [0.15, 0.2) is 0 Å². The van der Waals surface area contributed by atoms with Crippen molar-refractivity contribution in [3.63, 3.8) is 0 Å². The van der Waals surface area contributed by atoms with Gasteiger partial charge in [-0.1, -0.05) is 60.7 Å². The third kappa shape index (κ3) is 2.37. The molecule has 2 aromatic rings. The monoisotopic (exact) mass is 206 g/mol. The van der Waals surface area contributed by atoms with Gasteiger partial charge in [0.25, 0.3) is 7.98 Å². The summed E-state index contributed by atoms with van der Waals surface area (Å²) in [5, 5.41) is 7.48. The van der Waals surface area contributed by atoms with Crippen molar-refractivity contribution in [2.24, 2.45) is 10.1 Å². The quantitative estimate of drug-likeness (QED) is 0.543. The molecular formula is C13H11BN2. The van der Waals surface area contributed by atoms with E-state index in [0.29, 0.717) is 0 Å². The summed E-state index contributed by atoms with van der Waals surface area (Å²) in [5.74, 6) is 0. The largest absolute Gasteiger partial charge is 0.292 e. The van der Waals surface area contributed by atoms with Gasteiger partial charge in [-0.3, -0.25) is 5.03 Å². The standard InChI is InChI=1S/C13H11BN2/c14-16-15-13(11-7-3-1-4-8-11)12-9-5-2-6-10-12/h1-10,13H. The molecule has 2 radical (unpaired) electrons. The topological polar surface area (TPSA) is 24.7 Å². The molecule has 0 bridgehead atoms. The zero-order valence-electron chi connectivity index (χ0n) is 8.82. The normalized spacial score (nSPS) is 11.1. The first kappa shape index (κ1) is 10.6. The van der Waals surface area contributed by atoms with Crippen molar-refractivity contribution < 1.29 is 0 Å². The molecule has 76 valence electrons. The van der Waals surface area contributed by atoms with Gasteiger partial charge in [-0.15, -0.1) is 0 Å². The highest BCUT2D eigenvalue weighted by Gasteiger charge is 2.11. The van der Waals surface area contributed by atoms with Gasteiger partial charge in [0, 0.05) is 0 Å². The van der Waals surface area contributed by atoms with Crippen LogP contribution in [-0.4, -0.2) is 7.98 Å². The van der Waals surface area contributed by atoms with Gasteiger partial charge < -0.3 is 0 Å². The maximum atomic E-state index is 5.16. The second kappa shape index (κ2) is 5.26. The van der Waals surface area contributed by atoms with Crippen LogP contribution in [0.15, 0.2) is 70.8 Å². The van der Waals surface area contributed by atoms with Crippen LogP contribution in [-0.2, 0) is 0 Å². The van der Waals surface area contributed by atoms with Crippen molar-refractivity contribution in [1.29, 1.82) is 0 Å². The Balaban J connectivity index is 2.39. The van der Waals surface area contributed by atoms with Crippen molar-refractivity contribution in [1.82, 2.24) is 0 Å². The predicted octanol–water partition coefficient (Wildman–Crippen LogP) is 3.31. The van der Waals surface area contributed by atoms with Crippen LogP contribution in [0.3, 0.4) is 0 Å².